The quantitative estimate of drug-likeness (QED) is 0.0283. The normalized spacial score (nSPS) is 14.1. The van der Waals surface area contributed by atoms with E-state index in [9.17, 15) is 9.59 Å². The minimum atomic E-state index is -2.27. The molecule has 10 heteroatoms. The second-order valence-electron chi connectivity index (χ2n) is 33.9. The fourth-order valence-electron chi connectivity index (χ4n) is 11.7. The van der Waals surface area contributed by atoms with Gasteiger partial charge in [0.25, 0.3) is 0 Å². The van der Waals surface area contributed by atoms with Crippen molar-refractivity contribution in [1.29, 1.82) is 0 Å². The number of hydrogen-bond acceptors (Lipinski definition) is 6. The first-order valence-electron chi connectivity index (χ1n) is 41.1. The van der Waals surface area contributed by atoms with Gasteiger partial charge in [0.1, 0.15) is 0 Å². The third kappa shape index (κ3) is 53.6. The molecule has 0 radical (unpaired) electrons. The van der Waals surface area contributed by atoms with Gasteiger partial charge in [0.2, 0.25) is 5.91 Å². The van der Waals surface area contributed by atoms with Crippen molar-refractivity contribution >= 4 is 36.8 Å². The molecule has 0 aliphatic carbocycles. The van der Waals surface area contributed by atoms with Gasteiger partial charge in [-0.15, -0.1) is 0 Å². The number of allylic oxidation sites excluding steroid dienone is 4. The minimum absolute atomic E-state index is 0.00608. The Morgan fingerprint density at radius 2 is 0.702 bits per heavy atom. The summed E-state index contributed by atoms with van der Waals surface area (Å²) in [5.41, 5.74) is 0. The van der Waals surface area contributed by atoms with E-state index in [4.69, 9.17) is 18.0 Å². The molecule has 0 aliphatic heterocycles. The van der Waals surface area contributed by atoms with Gasteiger partial charge in [-0.3, -0.25) is 9.59 Å². The molecule has 0 saturated heterocycles. The standard InChI is InChI=1S/C84H167NO6Si3/c1-18-20-22-24-26-28-30-31-45-49-52-56-60-64-68-72-81(87)88-75-69-65-61-57-53-50-47-44-42-40-38-36-34-32-33-35-37-39-41-43-46-48-51-55-59-63-67-71-80(86)85-78(76-89-92(12,13)82(3,4)5)79(91-94(16,17)84(9,10)11)74-73-77(90-93(14,15)83(6,7)8)70-66-62-58-54-29-27-25-23-21-19-2/h26,28,31,45,73-74,77-79H,18-25,27,29-30,32-44,46-72,75-76H2,1-17H3,(H,85,86)/b28-26-,45-31-,74-73+/t77-,78+,79-/m1/s1. The Balaban J connectivity index is 4.45. The fraction of sp³-hybridized carbons (Fsp3) is 0.905. The van der Waals surface area contributed by atoms with Crippen LogP contribution in [0.5, 0.6) is 0 Å². The minimum Gasteiger partial charge on any atom is -0.466 e. The van der Waals surface area contributed by atoms with Crippen molar-refractivity contribution in [2.24, 2.45) is 0 Å². The van der Waals surface area contributed by atoms with E-state index in [1.165, 1.54) is 263 Å². The number of carbonyl (C=O) groups is 2. The number of esters is 1. The number of ether oxygens (including phenoxy) is 1. The van der Waals surface area contributed by atoms with Gasteiger partial charge in [-0.05, 0) is 112 Å². The number of nitrogens with one attached hydrogen (secondary N) is 1. The third-order valence-electron chi connectivity index (χ3n) is 21.7. The Kier molecular flexibility index (Phi) is 57.5. The Bertz CT molecular complexity index is 1820. The van der Waals surface area contributed by atoms with Crippen molar-refractivity contribution in [2.75, 3.05) is 13.2 Å². The van der Waals surface area contributed by atoms with Gasteiger partial charge in [-0.25, -0.2) is 0 Å². The number of unbranched alkanes of at least 4 members (excludes halogenated alkanes) is 43. The molecule has 556 valence electrons. The molecule has 1 N–H and O–H groups in total. The summed E-state index contributed by atoms with van der Waals surface area (Å²) in [6, 6.07) is -0.285. The first-order valence-corrected chi connectivity index (χ1v) is 49.9. The summed E-state index contributed by atoms with van der Waals surface area (Å²) in [5, 5.41) is 3.72. The monoisotopic (exact) mass is 1370 g/mol. The summed E-state index contributed by atoms with van der Waals surface area (Å²) >= 11 is 0. The van der Waals surface area contributed by atoms with Gasteiger partial charge in [0.05, 0.1) is 31.5 Å². The van der Waals surface area contributed by atoms with Gasteiger partial charge in [0.15, 0.2) is 25.0 Å². The lowest BCUT2D eigenvalue weighted by molar-refractivity contribution is -0.143. The molecule has 94 heavy (non-hydrogen) atoms. The van der Waals surface area contributed by atoms with Crippen LogP contribution in [0.3, 0.4) is 0 Å². The van der Waals surface area contributed by atoms with E-state index in [2.05, 4.69) is 157 Å². The van der Waals surface area contributed by atoms with Gasteiger partial charge in [-0.1, -0.05) is 369 Å². The van der Waals surface area contributed by atoms with Crippen molar-refractivity contribution in [2.45, 2.75) is 476 Å². The average molecular weight is 1370 g/mol. The lowest BCUT2D eigenvalue weighted by Gasteiger charge is -2.42. The molecule has 7 nitrogen and oxygen atoms in total. The van der Waals surface area contributed by atoms with Gasteiger partial charge in [-0.2, -0.15) is 0 Å². The summed E-state index contributed by atoms with van der Waals surface area (Å²) in [6.45, 7) is 40.6. The van der Waals surface area contributed by atoms with Crippen LogP contribution >= 0.6 is 0 Å². The Labute approximate surface area is 592 Å². The predicted octanol–water partition coefficient (Wildman–Crippen LogP) is 28.4. The van der Waals surface area contributed by atoms with E-state index in [0.717, 1.165) is 51.4 Å². The predicted molar refractivity (Wildman–Crippen MR) is 424 cm³/mol. The molecule has 0 fully saturated rings. The summed E-state index contributed by atoms with van der Waals surface area (Å²) in [7, 11) is -6.46. The van der Waals surface area contributed by atoms with Crippen molar-refractivity contribution in [3.8, 4) is 0 Å². The SMILES string of the molecule is CCCCC/C=C\C/C=C\CCCCCCCC(=O)OCCCCCCCCCCCCCCCCCCCCCCCCCCCCCC(=O)N[C@@H](CO[Si](C)(C)C(C)(C)C)[C@@H](/C=C/[C@@H](CCCCCCCCCCCC)O[Si](C)(C)C(C)(C)C)O[Si](C)(C)C(C)(C)C. The number of amides is 1. The van der Waals surface area contributed by atoms with Crippen LogP contribution in [0.4, 0.5) is 0 Å². The van der Waals surface area contributed by atoms with Crippen LogP contribution in [-0.4, -0.2) is 68.3 Å². The molecule has 1 amide bonds. The van der Waals surface area contributed by atoms with Crippen molar-refractivity contribution < 1.29 is 27.6 Å². The summed E-state index contributed by atoms with van der Waals surface area (Å²) in [5.74, 6) is 0.130. The van der Waals surface area contributed by atoms with Crippen molar-refractivity contribution in [1.82, 2.24) is 5.32 Å². The molecule has 3 atom stereocenters. The zero-order chi connectivity index (χ0) is 70.1. The van der Waals surface area contributed by atoms with Crippen molar-refractivity contribution in [3.05, 3.63) is 36.5 Å². The summed E-state index contributed by atoms with van der Waals surface area (Å²) < 4.78 is 27.1. The molecule has 0 unspecified atom stereocenters. The van der Waals surface area contributed by atoms with Crippen LogP contribution in [0.2, 0.25) is 54.4 Å². The molecule has 0 aromatic heterocycles. The molecule has 0 saturated carbocycles. The molecule has 0 heterocycles. The Hall–Kier alpha value is -1.31. The van der Waals surface area contributed by atoms with Crippen LogP contribution in [0.15, 0.2) is 36.5 Å². The van der Waals surface area contributed by atoms with Gasteiger partial charge < -0.3 is 23.3 Å². The molecular formula is C84H167NO6Si3. The molecule has 0 aromatic rings. The van der Waals surface area contributed by atoms with E-state index in [1.807, 2.05) is 0 Å². The highest BCUT2D eigenvalue weighted by atomic mass is 28.4. The molecular weight excluding hydrogens is 1200 g/mol. The van der Waals surface area contributed by atoms with Crippen LogP contribution in [0, 0.1) is 0 Å². The van der Waals surface area contributed by atoms with Crippen LogP contribution in [0.25, 0.3) is 0 Å². The lowest BCUT2D eigenvalue weighted by Crippen LogP contribution is -2.54. The third-order valence-corrected chi connectivity index (χ3v) is 35.1. The highest BCUT2D eigenvalue weighted by Crippen LogP contribution is 2.41. The fourth-order valence-corrected chi connectivity index (χ4v) is 15.4. The van der Waals surface area contributed by atoms with Crippen LogP contribution < -0.4 is 5.32 Å². The van der Waals surface area contributed by atoms with Crippen LogP contribution in [-0.2, 0) is 27.6 Å². The zero-order valence-electron chi connectivity index (χ0n) is 66.6. The number of rotatable bonds is 66. The number of carbonyl (C=O) groups excluding carboxylic acids is 2. The first kappa shape index (κ1) is 92.7. The van der Waals surface area contributed by atoms with E-state index in [-0.39, 0.29) is 45.2 Å². The molecule has 0 aliphatic rings. The van der Waals surface area contributed by atoms with Gasteiger partial charge >= 0.3 is 5.97 Å². The summed E-state index contributed by atoms with van der Waals surface area (Å²) in [4.78, 5) is 26.2. The first-order chi connectivity index (χ1) is 44.7. The Morgan fingerprint density at radius 3 is 1.11 bits per heavy atom. The van der Waals surface area contributed by atoms with Crippen LogP contribution in [0.1, 0.15) is 404 Å². The largest absolute Gasteiger partial charge is 0.466 e. The highest BCUT2D eigenvalue weighted by molar-refractivity contribution is 6.75. The topological polar surface area (TPSA) is 83.1 Å². The lowest BCUT2D eigenvalue weighted by atomic mass is 10.0. The maximum Gasteiger partial charge on any atom is 0.305 e. The molecule has 0 aromatic carbocycles. The maximum absolute atomic E-state index is 14.1. The zero-order valence-corrected chi connectivity index (χ0v) is 69.6. The van der Waals surface area contributed by atoms with Crippen molar-refractivity contribution in [3.63, 3.8) is 0 Å². The summed E-state index contributed by atoms with van der Waals surface area (Å²) in [6.07, 6.45) is 78.2. The maximum atomic E-state index is 14.1. The molecule has 0 bridgehead atoms. The second kappa shape index (κ2) is 58.3. The molecule has 0 spiro atoms. The van der Waals surface area contributed by atoms with E-state index in [0.29, 0.717) is 26.1 Å². The van der Waals surface area contributed by atoms with E-state index >= 15 is 0 Å². The second-order valence-corrected chi connectivity index (χ2v) is 48.2. The highest BCUT2D eigenvalue weighted by Gasteiger charge is 2.43. The smallest absolute Gasteiger partial charge is 0.305 e. The molecule has 0 rings (SSSR count). The number of hydrogen-bond donors (Lipinski definition) is 1. The Morgan fingerprint density at radius 1 is 0.372 bits per heavy atom. The average Bonchev–Trinajstić information content (AvgIpc) is 0.830. The van der Waals surface area contributed by atoms with E-state index in [1.54, 1.807) is 0 Å². The van der Waals surface area contributed by atoms with Gasteiger partial charge in [0, 0.05) is 12.8 Å². The van der Waals surface area contributed by atoms with E-state index < -0.39 is 25.0 Å².